The number of alkyl halides is 1. The van der Waals surface area contributed by atoms with Gasteiger partial charge in [-0.05, 0) is 85.2 Å². The molecule has 31 heavy (non-hydrogen) atoms. The molecule has 0 saturated heterocycles. The van der Waals surface area contributed by atoms with Gasteiger partial charge >= 0.3 is 5.97 Å². The lowest BCUT2D eigenvalue weighted by Gasteiger charge is -2.61. The molecule has 3 saturated carbocycles. The van der Waals surface area contributed by atoms with E-state index >= 15 is 0 Å². The molecule has 0 N–H and O–H groups in total. The van der Waals surface area contributed by atoms with Crippen LogP contribution in [-0.2, 0) is 19.1 Å². The topological polar surface area (TPSA) is 60.4 Å². The number of ketones is 2. The largest absolute Gasteiger partial charge is 0.458 e. The second-order valence-corrected chi connectivity index (χ2v) is 11.1. The number of halogens is 1. The molecule has 0 aromatic carbocycles. The Morgan fingerprint density at radius 2 is 2.00 bits per heavy atom. The quantitative estimate of drug-likeness (QED) is 0.327. The minimum atomic E-state index is -0.396. The molecule has 0 aliphatic heterocycles. The third-order valence-electron chi connectivity index (χ3n) is 9.54. The van der Waals surface area contributed by atoms with Crippen molar-refractivity contribution in [1.29, 1.82) is 0 Å². The summed E-state index contributed by atoms with van der Waals surface area (Å²) in [6.45, 7) is 9.95. The van der Waals surface area contributed by atoms with Crippen molar-refractivity contribution in [2.45, 2.75) is 71.8 Å². The Kier molecular flexibility index (Phi) is 6.00. The molecular formula is C26H35ClO4. The van der Waals surface area contributed by atoms with Gasteiger partial charge in [-0.1, -0.05) is 19.9 Å². The van der Waals surface area contributed by atoms with E-state index in [1.165, 1.54) is 0 Å². The van der Waals surface area contributed by atoms with Crippen molar-refractivity contribution in [2.24, 2.45) is 40.4 Å². The van der Waals surface area contributed by atoms with Crippen LogP contribution in [-0.4, -0.2) is 29.5 Å². The number of hydrogen-bond acceptors (Lipinski definition) is 4. The maximum absolute atomic E-state index is 12.6. The third kappa shape index (κ3) is 3.44. The van der Waals surface area contributed by atoms with Gasteiger partial charge in [0.2, 0.25) is 0 Å². The minimum Gasteiger partial charge on any atom is -0.458 e. The van der Waals surface area contributed by atoms with Crippen molar-refractivity contribution in [3.05, 3.63) is 24.3 Å². The SMILES string of the molecule is C=CCC(=O)OC1C[C@H]2[C@@H]3CC[C@H](C(C)=O)[C@@]3(C)CC[C@@H]2[C@]2(C)C1=CC(=O)CC2CCl. The Labute approximate surface area is 190 Å². The molecule has 0 radical (unpaired) electrons. The fourth-order valence-corrected chi connectivity index (χ4v) is 8.52. The summed E-state index contributed by atoms with van der Waals surface area (Å²) < 4.78 is 5.97. The van der Waals surface area contributed by atoms with Crippen molar-refractivity contribution < 1.29 is 19.1 Å². The zero-order valence-electron chi connectivity index (χ0n) is 19.0. The van der Waals surface area contributed by atoms with Crippen LogP contribution in [0.2, 0.25) is 0 Å². The van der Waals surface area contributed by atoms with Crippen molar-refractivity contribution in [3.8, 4) is 0 Å². The van der Waals surface area contributed by atoms with Crippen molar-refractivity contribution in [2.75, 3.05) is 5.88 Å². The lowest BCUT2D eigenvalue weighted by molar-refractivity contribution is -0.157. The van der Waals surface area contributed by atoms with Crippen LogP contribution in [0.4, 0.5) is 0 Å². The number of Topliss-reactive ketones (excluding diaryl/α,β-unsaturated/α-hetero) is 1. The number of carbonyl (C=O) groups excluding carboxylic acids is 3. The summed E-state index contributed by atoms with van der Waals surface area (Å²) in [5.74, 6) is 1.89. The molecule has 2 unspecified atom stereocenters. The van der Waals surface area contributed by atoms with E-state index in [2.05, 4.69) is 20.4 Å². The molecule has 0 spiro atoms. The van der Waals surface area contributed by atoms with Crippen molar-refractivity contribution in [3.63, 3.8) is 0 Å². The number of carbonyl (C=O) groups is 3. The summed E-state index contributed by atoms with van der Waals surface area (Å²) in [5.41, 5.74) is 0.729. The van der Waals surface area contributed by atoms with Crippen LogP contribution in [0, 0.1) is 40.4 Å². The van der Waals surface area contributed by atoms with E-state index in [-0.39, 0.29) is 40.8 Å². The van der Waals surface area contributed by atoms with Crippen molar-refractivity contribution >= 4 is 29.1 Å². The summed E-state index contributed by atoms with van der Waals surface area (Å²) in [4.78, 5) is 37.4. The highest BCUT2D eigenvalue weighted by Gasteiger charge is 2.63. The second-order valence-electron chi connectivity index (χ2n) is 10.8. The zero-order valence-corrected chi connectivity index (χ0v) is 19.7. The maximum Gasteiger partial charge on any atom is 0.310 e. The minimum absolute atomic E-state index is 0.0151. The molecule has 170 valence electrons. The smallest absolute Gasteiger partial charge is 0.310 e. The first-order valence-corrected chi connectivity index (χ1v) is 12.3. The fraction of sp³-hybridized carbons (Fsp3) is 0.731. The van der Waals surface area contributed by atoms with Crippen LogP contribution in [0.25, 0.3) is 0 Å². The lowest BCUT2D eigenvalue weighted by Crippen LogP contribution is -2.57. The molecule has 0 aromatic heterocycles. The molecule has 0 bridgehead atoms. The lowest BCUT2D eigenvalue weighted by atomic mass is 9.44. The van der Waals surface area contributed by atoms with Crippen LogP contribution in [0.15, 0.2) is 24.3 Å². The van der Waals surface area contributed by atoms with E-state index in [1.807, 2.05) is 0 Å². The molecule has 4 aliphatic carbocycles. The summed E-state index contributed by atoms with van der Waals surface area (Å²) in [5, 5.41) is 0. The predicted octanol–water partition coefficient (Wildman–Crippen LogP) is 5.29. The average molecular weight is 447 g/mol. The molecule has 5 heteroatoms. The van der Waals surface area contributed by atoms with Crippen LogP contribution in [0.1, 0.15) is 65.7 Å². The molecule has 8 atom stereocenters. The standard InChI is InChI=1S/C26H35ClO4/c1-5-6-24(30)31-23-13-18-20-8-7-19(15(2)28)25(20,3)10-9-21(18)26(4)16(14-27)11-17(29)12-22(23)26/h5,12,16,18-21,23H,1,6-11,13-14H2,2-4H3/t16?,18-,19+,20-,21-,23?,25+,26+/m0/s1. The fourth-order valence-electron chi connectivity index (χ4n) is 8.09. The van der Waals surface area contributed by atoms with Gasteiger partial charge in [-0.25, -0.2) is 0 Å². The van der Waals surface area contributed by atoms with Crippen LogP contribution >= 0.6 is 11.6 Å². The van der Waals surface area contributed by atoms with E-state index in [4.69, 9.17) is 16.3 Å². The van der Waals surface area contributed by atoms with E-state index in [0.717, 1.165) is 37.7 Å². The molecule has 4 nitrogen and oxygen atoms in total. The highest BCUT2D eigenvalue weighted by Crippen LogP contribution is 2.68. The molecule has 4 rings (SSSR count). The Bertz CT molecular complexity index is 831. The van der Waals surface area contributed by atoms with Gasteiger partial charge < -0.3 is 4.74 Å². The van der Waals surface area contributed by atoms with Gasteiger partial charge in [0.15, 0.2) is 5.78 Å². The Hall–Kier alpha value is -1.42. The highest BCUT2D eigenvalue weighted by atomic mass is 35.5. The Morgan fingerprint density at radius 3 is 2.65 bits per heavy atom. The van der Waals surface area contributed by atoms with Gasteiger partial charge in [0.1, 0.15) is 11.9 Å². The molecule has 3 fully saturated rings. The normalized spacial score (nSPS) is 43.9. The van der Waals surface area contributed by atoms with Gasteiger partial charge in [0.25, 0.3) is 0 Å². The summed E-state index contributed by atoms with van der Waals surface area (Å²) in [7, 11) is 0. The predicted molar refractivity (Wildman–Crippen MR) is 121 cm³/mol. The van der Waals surface area contributed by atoms with Gasteiger partial charge in [-0.2, -0.15) is 0 Å². The molecular weight excluding hydrogens is 412 g/mol. The van der Waals surface area contributed by atoms with E-state index in [0.29, 0.717) is 35.8 Å². The van der Waals surface area contributed by atoms with Gasteiger partial charge in [-0.15, -0.1) is 18.2 Å². The Morgan fingerprint density at radius 1 is 1.26 bits per heavy atom. The number of ether oxygens (including phenoxy) is 1. The first-order chi connectivity index (χ1) is 14.7. The van der Waals surface area contributed by atoms with E-state index < -0.39 is 6.10 Å². The van der Waals surface area contributed by atoms with Crippen LogP contribution < -0.4 is 0 Å². The van der Waals surface area contributed by atoms with Crippen molar-refractivity contribution in [1.82, 2.24) is 0 Å². The zero-order chi connectivity index (χ0) is 22.6. The number of esters is 1. The first kappa shape index (κ1) is 22.8. The van der Waals surface area contributed by atoms with Crippen LogP contribution in [0.3, 0.4) is 0 Å². The van der Waals surface area contributed by atoms with E-state index in [1.54, 1.807) is 19.1 Å². The second kappa shape index (κ2) is 8.17. The summed E-state index contributed by atoms with van der Waals surface area (Å²) >= 11 is 6.45. The molecule has 0 amide bonds. The third-order valence-corrected chi connectivity index (χ3v) is 9.91. The monoisotopic (exact) mass is 446 g/mol. The average Bonchev–Trinajstić information content (AvgIpc) is 3.06. The first-order valence-electron chi connectivity index (χ1n) is 11.8. The number of hydrogen-bond donors (Lipinski definition) is 0. The van der Waals surface area contributed by atoms with E-state index in [9.17, 15) is 14.4 Å². The number of fused-ring (bicyclic) bond motifs is 5. The molecule has 4 aliphatic rings. The van der Waals surface area contributed by atoms with Gasteiger partial charge in [0, 0.05) is 18.2 Å². The number of rotatable bonds is 5. The molecule has 0 aromatic rings. The van der Waals surface area contributed by atoms with Gasteiger partial charge in [0.05, 0.1) is 6.42 Å². The van der Waals surface area contributed by atoms with Crippen LogP contribution in [0.5, 0.6) is 0 Å². The Balaban J connectivity index is 1.76. The van der Waals surface area contributed by atoms with Gasteiger partial charge in [-0.3, -0.25) is 14.4 Å². The maximum atomic E-state index is 12.6. The highest BCUT2D eigenvalue weighted by molar-refractivity contribution is 6.18. The molecule has 0 heterocycles. The summed E-state index contributed by atoms with van der Waals surface area (Å²) in [6.07, 6.45) is 8.35. The summed E-state index contributed by atoms with van der Waals surface area (Å²) in [6, 6.07) is 0.